The van der Waals surface area contributed by atoms with E-state index < -0.39 is 29.0 Å². The first-order chi connectivity index (χ1) is 11.3. The number of benzene rings is 2. The van der Waals surface area contributed by atoms with E-state index in [0.717, 1.165) is 6.07 Å². The fourth-order valence-corrected chi connectivity index (χ4v) is 1.94. The summed E-state index contributed by atoms with van der Waals surface area (Å²) in [6, 6.07) is 7.24. The lowest BCUT2D eigenvalue weighted by molar-refractivity contribution is 0.0941. The lowest BCUT2D eigenvalue weighted by Gasteiger charge is -2.10. The molecule has 0 atom stereocenters. The predicted molar refractivity (Wildman–Crippen MR) is 83.3 cm³/mol. The topological polar surface area (TPSA) is 58.2 Å². The summed E-state index contributed by atoms with van der Waals surface area (Å²) in [5.41, 5.74) is 0.0278. The van der Waals surface area contributed by atoms with E-state index in [1.165, 1.54) is 24.3 Å². The Bertz CT molecular complexity index is 774. The fraction of sp³-hybridized carbons (Fsp3) is 0.176. The summed E-state index contributed by atoms with van der Waals surface area (Å²) in [5, 5.41) is 4.85. The molecule has 0 unspecified atom stereocenters. The number of rotatable bonds is 4. The quantitative estimate of drug-likeness (QED) is 0.840. The smallest absolute Gasteiger partial charge is 0.255 e. The summed E-state index contributed by atoms with van der Waals surface area (Å²) in [7, 11) is 0. The molecular formula is C17H15F3N2O2. The first-order valence-electron chi connectivity index (χ1n) is 7.15. The molecule has 0 spiro atoms. The van der Waals surface area contributed by atoms with Gasteiger partial charge < -0.3 is 10.6 Å². The van der Waals surface area contributed by atoms with E-state index in [0.29, 0.717) is 11.6 Å². The fourth-order valence-electron chi connectivity index (χ4n) is 1.94. The highest BCUT2D eigenvalue weighted by molar-refractivity contribution is 6.05. The molecule has 2 amide bonds. The van der Waals surface area contributed by atoms with Gasteiger partial charge in [0, 0.05) is 17.2 Å². The van der Waals surface area contributed by atoms with Crippen LogP contribution in [-0.2, 0) is 0 Å². The molecule has 2 N–H and O–H groups in total. The largest absolute Gasteiger partial charge is 0.350 e. The Labute approximate surface area is 136 Å². The Morgan fingerprint density at radius 3 is 1.92 bits per heavy atom. The third-order valence-electron chi connectivity index (χ3n) is 3.11. The van der Waals surface area contributed by atoms with Crippen LogP contribution in [0.3, 0.4) is 0 Å². The summed E-state index contributed by atoms with van der Waals surface area (Å²) in [4.78, 5) is 23.8. The molecule has 2 aromatic rings. The van der Waals surface area contributed by atoms with Crippen LogP contribution in [0.25, 0.3) is 0 Å². The lowest BCUT2D eigenvalue weighted by atomic mass is 10.1. The molecule has 0 aliphatic rings. The summed E-state index contributed by atoms with van der Waals surface area (Å²) >= 11 is 0. The maximum atomic E-state index is 13.5. The Morgan fingerprint density at radius 1 is 0.833 bits per heavy atom. The molecule has 0 heterocycles. The minimum Gasteiger partial charge on any atom is -0.350 e. The number of nitrogens with one attached hydrogen (secondary N) is 2. The van der Waals surface area contributed by atoms with Gasteiger partial charge in [0.15, 0.2) is 17.5 Å². The Hall–Kier alpha value is -2.83. The Balaban J connectivity index is 2.14. The molecule has 4 nitrogen and oxygen atoms in total. The second-order valence-corrected chi connectivity index (χ2v) is 5.38. The number of carbonyl (C=O) groups excluding carboxylic acids is 2. The highest BCUT2D eigenvalue weighted by Crippen LogP contribution is 2.20. The van der Waals surface area contributed by atoms with E-state index in [1.54, 1.807) is 0 Å². The third-order valence-corrected chi connectivity index (χ3v) is 3.11. The van der Waals surface area contributed by atoms with Gasteiger partial charge in [0.2, 0.25) is 0 Å². The van der Waals surface area contributed by atoms with Crippen LogP contribution in [0.4, 0.5) is 18.9 Å². The van der Waals surface area contributed by atoms with Crippen LogP contribution in [0.5, 0.6) is 0 Å². The SMILES string of the molecule is CC(C)NC(=O)c1ccc(C(=O)Nc2ccc(F)c(F)c2F)cc1. The van der Waals surface area contributed by atoms with Crippen LogP contribution in [-0.4, -0.2) is 17.9 Å². The molecule has 126 valence electrons. The van der Waals surface area contributed by atoms with E-state index in [4.69, 9.17) is 0 Å². The number of halogens is 3. The average Bonchev–Trinajstić information content (AvgIpc) is 2.55. The maximum Gasteiger partial charge on any atom is 0.255 e. The Morgan fingerprint density at radius 2 is 1.38 bits per heavy atom. The van der Waals surface area contributed by atoms with Crippen LogP contribution >= 0.6 is 0 Å². The molecule has 0 fully saturated rings. The minimum atomic E-state index is -1.66. The van der Waals surface area contributed by atoms with Gasteiger partial charge in [-0.15, -0.1) is 0 Å². The molecule has 0 radical (unpaired) electrons. The van der Waals surface area contributed by atoms with Crippen LogP contribution in [0.15, 0.2) is 36.4 Å². The first-order valence-corrected chi connectivity index (χ1v) is 7.15. The zero-order valence-corrected chi connectivity index (χ0v) is 13.0. The van der Waals surface area contributed by atoms with Crippen LogP contribution < -0.4 is 10.6 Å². The van der Waals surface area contributed by atoms with Crippen LogP contribution in [0.1, 0.15) is 34.6 Å². The van der Waals surface area contributed by atoms with Crippen molar-refractivity contribution in [1.82, 2.24) is 5.32 Å². The summed E-state index contributed by atoms with van der Waals surface area (Å²) in [6.07, 6.45) is 0. The van der Waals surface area contributed by atoms with Gasteiger partial charge in [0.1, 0.15) is 0 Å². The van der Waals surface area contributed by atoms with Gasteiger partial charge in [0.25, 0.3) is 11.8 Å². The molecule has 0 bridgehead atoms. The average molecular weight is 336 g/mol. The van der Waals surface area contributed by atoms with E-state index in [9.17, 15) is 22.8 Å². The van der Waals surface area contributed by atoms with Gasteiger partial charge in [-0.3, -0.25) is 9.59 Å². The van der Waals surface area contributed by atoms with E-state index in [2.05, 4.69) is 10.6 Å². The number of anilines is 1. The minimum absolute atomic E-state index is 0.0307. The number of carbonyl (C=O) groups is 2. The number of hydrogen-bond donors (Lipinski definition) is 2. The molecule has 0 aliphatic heterocycles. The van der Waals surface area contributed by atoms with E-state index in [-0.39, 0.29) is 17.5 Å². The number of hydrogen-bond acceptors (Lipinski definition) is 2. The zero-order valence-electron chi connectivity index (χ0n) is 13.0. The molecular weight excluding hydrogens is 321 g/mol. The third kappa shape index (κ3) is 3.92. The molecule has 0 aromatic heterocycles. The van der Waals surface area contributed by atoms with Crippen molar-refractivity contribution in [3.8, 4) is 0 Å². The van der Waals surface area contributed by atoms with Gasteiger partial charge in [-0.2, -0.15) is 0 Å². The maximum absolute atomic E-state index is 13.5. The van der Waals surface area contributed by atoms with Gasteiger partial charge in [0.05, 0.1) is 5.69 Å². The lowest BCUT2D eigenvalue weighted by Crippen LogP contribution is -2.30. The molecule has 0 aliphatic carbocycles. The predicted octanol–water partition coefficient (Wildman–Crippen LogP) is 3.49. The van der Waals surface area contributed by atoms with Crippen molar-refractivity contribution >= 4 is 17.5 Å². The summed E-state index contributed by atoms with van der Waals surface area (Å²) < 4.78 is 39.6. The van der Waals surface area contributed by atoms with Crippen LogP contribution in [0.2, 0.25) is 0 Å². The highest BCUT2D eigenvalue weighted by atomic mass is 19.2. The van der Waals surface area contributed by atoms with Crippen molar-refractivity contribution in [1.29, 1.82) is 0 Å². The number of amides is 2. The molecule has 0 saturated carbocycles. The zero-order chi connectivity index (χ0) is 17.9. The normalized spacial score (nSPS) is 10.6. The van der Waals surface area contributed by atoms with Crippen molar-refractivity contribution in [2.75, 3.05) is 5.32 Å². The highest BCUT2D eigenvalue weighted by Gasteiger charge is 2.16. The Kier molecular flexibility index (Phi) is 5.23. The molecule has 0 saturated heterocycles. The standard InChI is InChI=1S/C17H15F3N2O2/c1-9(2)21-16(23)10-3-5-11(6-4-10)17(24)22-13-8-7-12(18)14(19)15(13)20/h3-9H,1-2H3,(H,21,23)(H,22,24). The second kappa shape index (κ2) is 7.16. The van der Waals surface area contributed by atoms with Crippen LogP contribution in [0, 0.1) is 17.5 Å². The summed E-state index contributed by atoms with van der Waals surface area (Å²) in [6.45, 7) is 3.63. The molecule has 24 heavy (non-hydrogen) atoms. The monoisotopic (exact) mass is 336 g/mol. The second-order valence-electron chi connectivity index (χ2n) is 5.38. The van der Waals surface area contributed by atoms with Gasteiger partial charge in [-0.1, -0.05) is 0 Å². The van der Waals surface area contributed by atoms with Crippen molar-refractivity contribution in [3.05, 3.63) is 65.0 Å². The van der Waals surface area contributed by atoms with Crippen molar-refractivity contribution in [2.24, 2.45) is 0 Å². The van der Waals surface area contributed by atoms with Gasteiger partial charge in [-0.05, 0) is 50.2 Å². The van der Waals surface area contributed by atoms with Crippen molar-refractivity contribution in [3.63, 3.8) is 0 Å². The van der Waals surface area contributed by atoms with Gasteiger partial charge >= 0.3 is 0 Å². The van der Waals surface area contributed by atoms with Crippen molar-refractivity contribution in [2.45, 2.75) is 19.9 Å². The van der Waals surface area contributed by atoms with Crippen molar-refractivity contribution < 1.29 is 22.8 Å². The van der Waals surface area contributed by atoms with Gasteiger partial charge in [-0.25, -0.2) is 13.2 Å². The summed E-state index contributed by atoms with van der Waals surface area (Å²) in [5.74, 6) is -5.48. The first kappa shape index (κ1) is 17.5. The van der Waals surface area contributed by atoms with E-state index in [1.807, 2.05) is 13.8 Å². The molecule has 2 aromatic carbocycles. The van der Waals surface area contributed by atoms with E-state index >= 15 is 0 Å². The molecule has 2 rings (SSSR count). The molecule has 7 heteroatoms.